The van der Waals surface area contributed by atoms with Crippen molar-refractivity contribution >= 4 is 0 Å². The van der Waals surface area contributed by atoms with Crippen molar-refractivity contribution in [2.24, 2.45) is 17.8 Å². The summed E-state index contributed by atoms with van der Waals surface area (Å²) in [6.07, 6.45) is 6.92. The van der Waals surface area contributed by atoms with E-state index in [1.165, 1.54) is 38.6 Å². The van der Waals surface area contributed by atoms with Crippen LogP contribution in [0, 0.1) is 17.8 Å². The van der Waals surface area contributed by atoms with Crippen molar-refractivity contribution in [3.05, 3.63) is 0 Å². The maximum absolute atomic E-state index is 3.74. The van der Waals surface area contributed by atoms with Crippen LogP contribution in [0.4, 0.5) is 0 Å². The van der Waals surface area contributed by atoms with Gasteiger partial charge in [-0.1, -0.05) is 40.5 Å². The van der Waals surface area contributed by atoms with Gasteiger partial charge < -0.3 is 5.32 Å². The lowest BCUT2D eigenvalue weighted by Gasteiger charge is -2.19. The summed E-state index contributed by atoms with van der Waals surface area (Å²) >= 11 is 0. The highest BCUT2D eigenvalue weighted by atomic mass is 14.9. The molecule has 1 N–H and O–H groups in total. The van der Waals surface area contributed by atoms with Crippen LogP contribution < -0.4 is 5.32 Å². The molecular weight excluding hydrogens is 182 g/mol. The molecule has 1 heteroatoms. The van der Waals surface area contributed by atoms with E-state index >= 15 is 0 Å². The number of hydrogen-bond acceptors (Lipinski definition) is 1. The van der Waals surface area contributed by atoms with Crippen LogP contribution in [0.5, 0.6) is 0 Å². The van der Waals surface area contributed by atoms with Crippen LogP contribution >= 0.6 is 0 Å². The van der Waals surface area contributed by atoms with Crippen LogP contribution in [0.1, 0.15) is 59.8 Å². The largest absolute Gasteiger partial charge is 0.314 e. The second-order valence-corrected chi connectivity index (χ2v) is 5.76. The summed E-state index contributed by atoms with van der Waals surface area (Å²) in [6.45, 7) is 10.5. The Hall–Kier alpha value is -0.0400. The first-order chi connectivity index (χ1) is 7.15. The average Bonchev–Trinajstić information content (AvgIpc) is 2.88. The lowest BCUT2D eigenvalue weighted by atomic mass is 9.99. The SMILES string of the molecule is CCCNC(CCCC(C)C)C1CC1C. The van der Waals surface area contributed by atoms with Gasteiger partial charge in [0.25, 0.3) is 0 Å². The van der Waals surface area contributed by atoms with Gasteiger partial charge in [0, 0.05) is 6.04 Å². The molecule has 1 rings (SSSR count). The second-order valence-electron chi connectivity index (χ2n) is 5.76. The minimum atomic E-state index is 0.818. The molecular formula is C14H29N. The van der Waals surface area contributed by atoms with Crippen LogP contribution in [0.25, 0.3) is 0 Å². The van der Waals surface area contributed by atoms with Gasteiger partial charge in [0.2, 0.25) is 0 Å². The van der Waals surface area contributed by atoms with Crippen LogP contribution in [-0.4, -0.2) is 12.6 Å². The number of rotatable bonds is 8. The predicted molar refractivity (Wildman–Crippen MR) is 68.0 cm³/mol. The van der Waals surface area contributed by atoms with Crippen molar-refractivity contribution in [2.45, 2.75) is 65.8 Å². The summed E-state index contributed by atoms with van der Waals surface area (Å²) in [5.41, 5.74) is 0. The molecule has 3 unspecified atom stereocenters. The first-order valence-corrected chi connectivity index (χ1v) is 6.88. The monoisotopic (exact) mass is 211 g/mol. The molecule has 0 aliphatic heterocycles. The highest BCUT2D eigenvalue weighted by Gasteiger charge is 2.38. The van der Waals surface area contributed by atoms with Crippen molar-refractivity contribution in [2.75, 3.05) is 6.54 Å². The molecule has 1 nitrogen and oxygen atoms in total. The van der Waals surface area contributed by atoms with Gasteiger partial charge in [-0.3, -0.25) is 0 Å². The Morgan fingerprint density at radius 3 is 2.40 bits per heavy atom. The third-order valence-electron chi connectivity index (χ3n) is 3.64. The van der Waals surface area contributed by atoms with Gasteiger partial charge in [0.1, 0.15) is 0 Å². The van der Waals surface area contributed by atoms with E-state index in [2.05, 4.69) is 33.0 Å². The molecule has 0 radical (unpaired) electrons. The third kappa shape index (κ3) is 5.01. The van der Waals surface area contributed by atoms with Gasteiger partial charge in [-0.25, -0.2) is 0 Å². The fourth-order valence-electron chi connectivity index (χ4n) is 2.45. The molecule has 15 heavy (non-hydrogen) atoms. The molecule has 1 aliphatic rings. The van der Waals surface area contributed by atoms with E-state index in [4.69, 9.17) is 0 Å². The van der Waals surface area contributed by atoms with E-state index in [0.717, 1.165) is 23.8 Å². The van der Waals surface area contributed by atoms with Crippen molar-refractivity contribution < 1.29 is 0 Å². The van der Waals surface area contributed by atoms with Gasteiger partial charge >= 0.3 is 0 Å². The fraction of sp³-hybridized carbons (Fsp3) is 1.00. The highest BCUT2D eigenvalue weighted by Crippen LogP contribution is 2.42. The van der Waals surface area contributed by atoms with Crippen LogP contribution in [0.15, 0.2) is 0 Å². The zero-order chi connectivity index (χ0) is 11.3. The first-order valence-electron chi connectivity index (χ1n) is 6.88. The zero-order valence-corrected chi connectivity index (χ0v) is 11.1. The van der Waals surface area contributed by atoms with Crippen LogP contribution in [0.2, 0.25) is 0 Å². The molecule has 1 saturated carbocycles. The van der Waals surface area contributed by atoms with Gasteiger partial charge in [-0.15, -0.1) is 0 Å². The Morgan fingerprint density at radius 1 is 1.27 bits per heavy atom. The molecule has 1 fully saturated rings. The summed E-state index contributed by atoms with van der Waals surface area (Å²) < 4.78 is 0. The van der Waals surface area contributed by atoms with Crippen molar-refractivity contribution in [3.63, 3.8) is 0 Å². The van der Waals surface area contributed by atoms with Gasteiger partial charge in [0.05, 0.1) is 0 Å². The molecule has 0 bridgehead atoms. The normalized spacial score (nSPS) is 27.0. The number of nitrogens with one attached hydrogen (secondary N) is 1. The van der Waals surface area contributed by atoms with Crippen LogP contribution in [0.3, 0.4) is 0 Å². The summed E-state index contributed by atoms with van der Waals surface area (Å²) in [4.78, 5) is 0. The smallest absolute Gasteiger partial charge is 0.00979 e. The topological polar surface area (TPSA) is 12.0 Å². The zero-order valence-electron chi connectivity index (χ0n) is 11.1. The van der Waals surface area contributed by atoms with Gasteiger partial charge in [0.15, 0.2) is 0 Å². The molecule has 1 aliphatic carbocycles. The van der Waals surface area contributed by atoms with E-state index in [9.17, 15) is 0 Å². The lowest BCUT2D eigenvalue weighted by Crippen LogP contribution is -2.32. The molecule has 0 heterocycles. The second kappa shape index (κ2) is 6.52. The molecule has 90 valence electrons. The molecule has 3 atom stereocenters. The lowest BCUT2D eigenvalue weighted by molar-refractivity contribution is 0.393. The summed E-state index contributed by atoms with van der Waals surface area (Å²) in [5, 5.41) is 3.74. The summed E-state index contributed by atoms with van der Waals surface area (Å²) in [7, 11) is 0. The van der Waals surface area contributed by atoms with E-state index in [1.54, 1.807) is 0 Å². The molecule has 0 amide bonds. The first kappa shape index (κ1) is 13.0. The van der Waals surface area contributed by atoms with E-state index < -0.39 is 0 Å². The Balaban J connectivity index is 2.17. The maximum atomic E-state index is 3.74. The molecule has 0 aromatic rings. The maximum Gasteiger partial charge on any atom is 0.00979 e. The minimum absolute atomic E-state index is 0.818. The predicted octanol–water partition coefficient (Wildman–Crippen LogP) is 3.84. The minimum Gasteiger partial charge on any atom is -0.314 e. The molecule has 0 aromatic carbocycles. The quantitative estimate of drug-likeness (QED) is 0.643. The van der Waals surface area contributed by atoms with Crippen molar-refractivity contribution in [1.29, 1.82) is 0 Å². The van der Waals surface area contributed by atoms with Crippen LogP contribution in [-0.2, 0) is 0 Å². The van der Waals surface area contributed by atoms with Gasteiger partial charge in [-0.2, -0.15) is 0 Å². The molecule has 0 spiro atoms. The Kier molecular flexibility index (Phi) is 5.66. The average molecular weight is 211 g/mol. The molecule has 0 saturated heterocycles. The standard InChI is InChI=1S/C14H29N/c1-5-9-15-14(13-10-12(13)4)8-6-7-11(2)3/h11-15H,5-10H2,1-4H3. The number of hydrogen-bond donors (Lipinski definition) is 1. The van der Waals surface area contributed by atoms with E-state index in [1.807, 2.05) is 0 Å². The third-order valence-corrected chi connectivity index (χ3v) is 3.64. The fourth-order valence-corrected chi connectivity index (χ4v) is 2.45. The van der Waals surface area contributed by atoms with Crippen molar-refractivity contribution in [3.8, 4) is 0 Å². The summed E-state index contributed by atoms with van der Waals surface area (Å²) in [6, 6.07) is 0.818. The van der Waals surface area contributed by atoms with E-state index in [0.29, 0.717) is 0 Å². The summed E-state index contributed by atoms with van der Waals surface area (Å²) in [5.74, 6) is 2.84. The van der Waals surface area contributed by atoms with E-state index in [-0.39, 0.29) is 0 Å². The van der Waals surface area contributed by atoms with Gasteiger partial charge in [-0.05, 0) is 43.6 Å². The highest BCUT2D eigenvalue weighted by molar-refractivity contribution is 4.92. The Labute approximate surface area is 96.0 Å². The van der Waals surface area contributed by atoms with Crippen molar-refractivity contribution in [1.82, 2.24) is 5.32 Å². The Bertz CT molecular complexity index is 165. The Morgan fingerprint density at radius 2 is 1.93 bits per heavy atom. The molecule has 0 aromatic heterocycles.